The Kier molecular flexibility index (Phi) is 5.05. The second-order valence-electron chi connectivity index (χ2n) is 6.58. The van der Waals surface area contributed by atoms with E-state index in [2.05, 4.69) is 42.9 Å². The summed E-state index contributed by atoms with van der Waals surface area (Å²) in [5.74, 6) is 0.752. The van der Waals surface area contributed by atoms with Crippen molar-refractivity contribution in [2.24, 2.45) is 5.92 Å². The molecule has 2 aliphatic rings. The van der Waals surface area contributed by atoms with Crippen molar-refractivity contribution in [3.05, 3.63) is 0 Å². The molecule has 2 heterocycles. The predicted molar refractivity (Wildman–Crippen MR) is 77.9 cm³/mol. The van der Waals surface area contributed by atoms with E-state index in [1.807, 2.05) is 0 Å². The molecule has 2 saturated heterocycles. The van der Waals surface area contributed by atoms with Crippen LogP contribution in [0.15, 0.2) is 0 Å². The van der Waals surface area contributed by atoms with Crippen molar-refractivity contribution in [3.63, 3.8) is 0 Å². The molecule has 3 atom stereocenters. The molecule has 0 aromatic rings. The number of likely N-dealkylation sites (tertiary alicyclic amines) is 1. The van der Waals surface area contributed by atoms with E-state index in [0.29, 0.717) is 6.04 Å². The average Bonchev–Trinajstić information content (AvgIpc) is 2.38. The van der Waals surface area contributed by atoms with Crippen molar-refractivity contribution in [1.29, 1.82) is 0 Å². The molecule has 2 fully saturated rings. The van der Waals surface area contributed by atoms with Gasteiger partial charge < -0.3 is 10.2 Å². The summed E-state index contributed by atoms with van der Waals surface area (Å²) in [4.78, 5) is 5.33. The molecule has 2 aliphatic heterocycles. The van der Waals surface area contributed by atoms with E-state index in [0.717, 1.165) is 18.0 Å². The largest absolute Gasteiger partial charge is 0.311 e. The van der Waals surface area contributed by atoms with Crippen LogP contribution < -0.4 is 5.32 Å². The maximum atomic E-state index is 3.73. The molecule has 0 saturated carbocycles. The second-order valence-corrected chi connectivity index (χ2v) is 6.58. The Morgan fingerprint density at radius 1 is 1.28 bits per heavy atom. The maximum absolute atomic E-state index is 3.73. The summed E-state index contributed by atoms with van der Waals surface area (Å²) in [6, 6.07) is 2.21. The summed E-state index contributed by atoms with van der Waals surface area (Å²) in [6.07, 6.45) is 4.01. The van der Waals surface area contributed by atoms with Crippen LogP contribution in [0.3, 0.4) is 0 Å². The molecular weight excluding hydrogens is 222 g/mol. The molecule has 1 N–H and O–H groups in total. The highest BCUT2D eigenvalue weighted by molar-refractivity contribution is 4.92. The Bertz CT molecular complexity index is 254. The number of likely N-dealkylation sites (N-methyl/N-ethyl adjacent to an activating group) is 1. The third-order valence-electron chi connectivity index (χ3n) is 4.80. The molecule has 3 heteroatoms. The standard InChI is InChI=1S/C15H31N3/c1-5-13-10-18(15(9-16-13)12(2)3)14-7-6-8-17(4)11-14/h12-16H,5-11H2,1-4H3. The molecule has 0 amide bonds. The zero-order chi connectivity index (χ0) is 13.1. The third kappa shape index (κ3) is 3.25. The van der Waals surface area contributed by atoms with Gasteiger partial charge in [-0.05, 0) is 38.8 Å². The SMILES string of the molecule is CCC1CN(C2CCCN(C)C2)C(C(C)C)CN1. The highest BCUT2D eigenvalue weighted by Crippen LogP contribution is 2.24. The van der Waals surface area contributed by atoms with Crippen LogP contribution in [0.1, 0.15) is 40.0 Å². The number of hydrogen-bond acceptors (Lipinski definition) is 3. The number of piperazine rings is 1. The highest BCUT2D eigenvalue weighted by atomic mass is 15.3. The van der Waals surface area contributed by atoms with Crippen LogP contribution in [0.4, 0.5) is 0 Å². The molecule has 106 valence electrons. The van der Waals surface area contributed by atoms with Crippen molar-refractivity contribution in [3.8, 4) is 0 Å². The van der Waals surface area contributed by atoms with Crippen LogP contribution in [0.5, 0.6) is 0 Å². The summed E-state index contributed by atoms with van der Waals surface area (Å²) in [7, 11) is 2.27. The first-order valence-corrected chi connectivity index (χ1v) is 7.79. The van der Waals surface area contributed by atoms with Gasteiger partial charge in [0, 0.05) is 37.8 Å². The van der Waals surface area contributed by atoms with Gasteiger partial charge >= 0.3 is 0 Å². The first-order chi connectivity index (χ1) is 8.61. The number of nitrogens with zero attached hydrogens (tertiary/aromatic N) is 2. The summed E-state index contributed by atoms with van der Waals surface area (Å²) in [5, 5.41) is 3.73. The van der Waals surface area contributed by atoms with Gasteiger partial charge in [0.15, 0.2) is 0 Å². The van der Waals surface area contributed by atoms with Crippen molar-refractivity contribution in [1.82, 2.24) is 15.1 Å². The van der Waals surface area contributed by atoms with E-state index in [1.165, 1.54) is 45.4 Å². The van der Waals surface area contributed by atoms with Gasteiger partial charge in [0.1, 0.15) is 0 Å². The number of hydrogen-bond donors (Lipinski definition) is 1. The Morgan fingerprint density at radius 3 is 2.67 bits per heavy atom. The molecule has 0 radical (unpaired) electrons. The fourth-order valence-corrected chi connectivity index (χ4v) is 3.58. The van der Waals surface area contributed by atoms with Crippen LogP contribution in [-0.4, -0.2) is 61.2 Å². The lowest BCUT2D eigenvalue weighted by Crippen LogP contribution is -2.63. The quantitative estimate of drug-likeness (QED) is 0.827. The number of rotatable bonds is 3. The lowest BCUT2D eigenvalue weighted by atomic mass is 9.93. The minimum atomic E-state index is 0.701. The Labute approximate surface area is 113 Å². The fourth-order valence-electron chi connectivity index (χ4n) is 3.58. The molecule has 0 spiro atoms. The van der Waals surface area contributed by atoms with Crippen LogP contribution >= 0.6 is 0 Å². The normalized spacial score (nSPS) is 36.2. The van der Waals surface area contributed by atoms with Crippen LogP contribution in [0.25, 0.3) is 0 Å². The molecule has 3 nitrogen and oxygen atoms in total. The van der Waals surface area contributed by atoms with E-state index >= 15 is 0 Å². The van der Waals surface area contributed by atoms with Crippen molar-refractivity contribution >= 4 is 0 Å². The molecule has 0 bridgehead atoms. The molecule has 2 rings (SSSR count). The second kappa shape index (κ2) is 6.36. The molecular formula is C15H31N3. The van der Waals surface area contributed by atoms with Crippen LogP contribution in [0.2, 0.25) is 0 Å². The first kappa shape index (κ1) is 14.3. The molecule has 0 aromatic heterocycles. The molecule has 0 aliphatic carbocycles. The van der Waals surface area contributed by atoms with Crippen molar-refractivity contribution in [2.45, 2.75) is 58.2 Å². The summed E-state index contributed by atoms with van der Waals surface area (Å²) in [5.41, 5.74) is 0. The van der Waals surface area contributed by atoms with Gasteiger partial charge in [0.25, 0.3) is 0 Å². The van der Waals surface area contributed by atoms with Gasteiger partial charge in [-0.15, -0.1) is 0 Å². The topological polar surface area (TPSA) is 18.5 Å². The van der Waals surface area contributed by atoms with Gasteiger partial charge in [0.05, 0.1) is 0 Å². The Morgan fingerprint density at radius 2 is 2.06 bits per heavy atom. The van der Waals surface area contributed by atoms with E-state index in [-0.39, 0.29) is 0 Å². The Balaban J connectivity index is 2.03. The summed E-state index contributed by atoms with van der Waals surface area (Å²) < 4.78 is 0. The molecule has 3 unspecified atom stereocenters. The predicted octanol–water partition coefficient (Wildman–Crippen LogP) is 1.79. The summed E-state index contributed by atoms with van der Waals surface area (Å²) >= 11 is 0. The smallest absolute Gasteiger partial charge is 0.0247 e. The summed E-state index contributed by atoms with van der Waals surface area (Å²) in [6.45, 7) is 12.0. The maximum Gasteiger partial charge on any atom is 0.0247 e. The van der Waals surface area contributed by atoms with Gasteiger partial charge in [0.2, 0.25) is 0 Å². The zero-order valence-corrected chi connectivity index (χ0v) is 12.7. The lowest BCUT2D eigenvalue weighted by molar-refractivity contribution is 0.0228. The monoisotopic (exact) mass is 253 g/mol. The van der Waals surface area contributed by atoms with Gasteiger partial charge in [-0.25, -0.2) is 0 Å². The lowest BCUT2D eigenvalue weighted by Gasteiger charge is -2.48. The highest BCUT2D eigenvalue weighted by Gasteiger charge is 2.35. The van der Waals surface area contributed by atoms with E-state index in [9.17, 15) is 0 Å². The van der Waals surface area contributed by atoms with E-state index < -0.39 is 0 Å². The fraction of sp³-hybridized carbons (Fsp3) is 1.00. The minimum absolute atomic E-state index is 0.701. The molecule has 18 heavy (non-hydrogen) atoms. The first-order valence-electron chi connectivity index (χ1n) is 7.79. The van der Waals surface area contributed by atoms with Gasteiger partial charge in [-0.2, -0.15) is 0 Å². The number of piperidine rings is 1. The van der Waals surface area contributed by atoms with Crippen LogP contribution in [0, 0.1) is 5.92 Å². The van der Waals surface area contributed by atoms with E-state index in [4.69, 9.17) is 0 Å². The van der Waals surface area contributed by atoms with Crippen LogP contribution in [-0.2, 0) is 0 Å². The van der Waals surface area contributed by atoms with Crippen molar-refractivity contribution < 1.29 is 0 Å². The zero-order valence-electron chi connectivity index (χ0n) is 12.7. The minimum Gasteiger partial charge on any atom is -0.311 e. The van der Waals surface area contributed by atoms with Gasteiger partial charge in [-0.3, -0.25) is 4.90 Å². The Hall–Kier alpha value is -0.120. The van der Waals surface area contributed by atoms with Crippen molar-refractivity contribution in [2.75, 3.05) is 33.2 Å². The number of nitrogens with one attached hydrogen (secondary N) is 1. The van der Waals surface area contributed by atoms with Gasteiger partial charge in [-0.1, -0.05) is 20.8 Å². The third-order valence-corrected chi connectivity index (χ3v) is 4.80. The molecule has 0 aromatic carbocycles. The average molecular weight is 253 g/mol. The van der Waals surface area contributed by atoms with E-state index in [1.54, 1.807) is 0 Å².